The van der Waals surface area contributed by atoms with Crippen LogP contribution in [0.5, 0.6) is 0 Å². The topological polar surface area (TPSA) is 41.1 Å². The Morgan fingerprint density at radius 2 is 1.88 bits per heavy atom. The first-order chi connectivity index (χ1) is 8.06. The summed E-state index contributed by atoms with van der Waals surface area (Å²) in [6.45, 7) is 6.61. The second kappa shape index (κ2) is 5.38. The van der Waals surface area contributed by atoms with E-state index in [4.69, 9.17) is 0 Å². The molecule has 4 atom stereocenters. The van der Waals surface area contributed by atoms with Crippen molar-refractivity contribution >= 4 is 5.91 Å². The van der Waals surface area contributed by atoms with Crippen molar-refractivity contribution in [3.8, 4) is 0 Å². The van der Waals surface area contributed by atoms with Gasteiger partial charge in [-0.1, -0.05) is 20.3 Å². The lowest BCUT2D eigenvalue weighted by Gasteiger charge is -2.35. The number of hydrogen-bond donors (Lipinski definition) is 2. The monoisotopic (exact) mass is 238 g/mol. The standard InChI is InChI=1S/C14H26N2O/c1-9-4-5-10(2)13(8-9)15-11(3)14(17)16-12-6-7-12/h9-13,15H,4-8H2,1-3H3,(H,16,17). The van der Waals surface area contributed by atoms with E-state index in [0.29, 0.717) is 18.0 Å². The van der Waals surface area contributed by atoms with Gasteiger partial charge in [0.05, 0.1) is 6.04 Å². The maximum atomic E-state index is 11.9. The molecule has 0 bridgehead atoms. The molecule has 2 rings (SSSR count). The molecule has 0 aromatic rings. The summed E-state index contributed by atoms with van der Waals surface area (Å²) in [7, 11) is 0. The van der Waals surface area contributed by atoms with E-state index < -0.39 is 0 Å². The van der Waals surface area contributed by atoms with E-state index in [1.807, 2.05) is 6.92 Å². The fourth-order valence-corrected chi connectivity index (χ4v) is 2.72. The van der Waals surface area contributed by atoms with E-state index in [1.54, 1.807) is 0 Å². The van der Waals surface area contributed by atoms with E-state index in [2.05, 4.69) is 24.5 Å². The molecule has 17 heavy (non-hydrogen) atoms. The van der Waals surface area contributed by atoms with Gasteiger partial charge in [-0.05, 0) is 44.4 Å². The Morgan fingerprint density at radius 1 is 1.18 bits per heavy atom. The van der Waals surface area contributed by atoms with E-state index in [0.717, 1.165) is 18.8 Å². The Hall–Kier alpha value is -0.570. The van der Waals surface area contributed by atoms with Gasteiger partial charge in [0.2, 0.25) is 5.91 Å². The molecule has 2 N–H and O–H groups in total. The van der Waals surface area contributed by atoms with Crippen LogP contribution in [-0.4, -0.2) is 24.0 Å². The molecule has 2 aliphatic rings. The highest BCUT2D eigenvalue weighted by Crippen LogP contribution is 2.28. The minimum absolute atomic E-state index is 0.0478. The largest absolute Gasteiger partial charge is 0.352 e. The van der Waals surface area contributed by atoms with Crippen LogP contribution in [0.15, 0.2) is 0 Å². The minimum Gasteiger partial charge on any atom is -0.352 e. The Morgan fingerprint density at radius 3 is 2.53 bits per heavy atom. The van der Waals surface area contributed by atoms with Crippen molar-refractivity contribution in [3.05, 3.63) is 0 Å². The van der Waals surface area contributed by atoms with Gasteiger partial charge in [-0.3, -0.25) is 4.79 Å². The molecule has 0 aromatic carbocycles. The molecule has 1 amide bonds. The lowest BCUT2D eigenvalue weighted by atomic mass is 9.80. The number of nitrogens with one attached hydrogen (secondary N) is 2. The zero-order valence-corrected chi connectivity index (χ0v) is 11.3. The number of carbonyl (C=O) groups excluding carboxylic acids is 1. The van der Waals surface area contributed by atoms with Crippen LogP contribution >= 0.6 is 0 Å². The fourth-order valence-electron chi connectivity index (χ4n) is 2.72. The van der Waals surface area contributed by atoms with Crippen LogP contribution in [-0.2, 0) is 4.79 Å². The molecule has 2 aliphatic carbocycles. The van der Waals surface area contributed by atoms with Crippen LogP contribution in [0.2, 0.25) is 0 Å². The molecule has 2 fully saturated rings. The van der Waals surface area contributed by atoms with Crippen molar-refractivity contribution in [2.75, 3.05) is 0 Å². The van der Waals surface area contributed by atoms with E-state index in [-0.39, 0.29) is 11.9 Å². The third kappa shape index (κ3) is 3.70. The summed E-state index contributed by atoms with van der Waals surface area (Å²) < 4.78 is 0. The highest BCUT2D eigenvalue weighted by Gasteiger charge is 2.30. The Balaban J connectivity index is 1.79. The average molecular weight is 238 g/mol. The zero-order chi connectivity index (χ0) is 12.4. The predicted molar refractivity (Wildman–Crippen MR) is 69.7 cm³/mol. The first kappa shape index (κ1) is 12.9. The van der Waals surface area contributed by atoms with Gasteiger partial charge in [0.15, 0.2) is 0 Å². The molecule has 2 saturated carbocycles. The Kier molecular flexibility index (Phi) is 4.08. The molecule has 3 heteroatoms. The molecule has 0 saturated heterocycles. The maximum Gasteiger partial charge on any atom is 0.237 e. The smallest absolute Gasteiger partial charge is 0.237 e. The van der Waals surface area contributed by atoms with Gasteiger partial charge in [-0.15, -0.1) is 0 Å². The maximum absolute atomic E-state index is 11.9. The number of rotatable bonds is 4. The highest BCUT2D eigenvalue weighted by molar-refractivity contribution is 5.81. The molecule has 0 aromatic heterocycles. The number of carbonyl (C=O) groups is 1. The van der Waals surface area contributed by atoms with Gasteiger partial charge >= 0.3 is 0 Å². The molecule has 0 aliphatic heterocycles. The molecule has 4 unspecified atom stereocenters. The van der Waals surface area contributed by atoms with Crippen LogP contribution in [0, 0.1) is 11.8 Å². The van der Waals surface area contributed by atoms with Gasteiger partial charge in [0.25, 0.3) is 0 Å². The summed E-state index contributed by atoms with van der Waals surface area (Å²) in [5.41, 5.74) is 0. The molecule has 98 valence electrons. The van der Waals surface area contributed by atoms with Crippen LogP contribution in [0.4, 0.5) is 0 Å². The van der Waals surface area contributed by atoms with Crippen molar-refractivity contribution in [3.63, 3.8) is 0 Å². The van der Waals surface area contributed by atoms with Gasteiger partial charge in [0, 0.05) is 12.1 Å². The Labute approximate surface area is 105 Å². The quantitative estimate of drug-likeness (QED) is 0.787. The molecule has 0 radical (unpaired) electrons. The van der Waals surface area contributed by atoms with Crippen LogP contribution in [0.3, 0.4) is 0 Å². The summed E-state index contributed by atoms with van der Waals surface area (Å²) in [4.78, 5) is 11.9. The van der Waals surface area contributed by atoms with Crippen LogP contribution in [0.25, 0.3) is 0 Å². The molecular weight excluding hydrogens is 212 g/mol. The summed E-state index contributed by atoms with van der Waals surface area (Å²) >= 11 is 0. The van der Waals surface area contributed by atoms with E-state index >= 15 is 0 Å². The van der Waals surface area contributed by atoms with Gasteiger partial charge in [-0.25, -0.2) is 0 Å². The number of hydrogen-bond acceptors (Lipinski definition) is 2. The molecule has 0 heterocycles. The first-order valence-electron chi connectivity index (χ1n) is 7.12. The second-order valence-corrected chi connectivity index (χ2v) is 6.17. The minimum atomic E-state index is -0.0478. The van der Waals surface area contributed by atoms with Crippen molar-refractivity contribution in [1.29, 1.82) is 0 Å². The summed E-state index contributed by atoms with van der Waals surface area (Å²) in [5, 5.41) is 6.59. The normalized spacial score (nSPS) is 35.4. The van der Waals surface area contributed by atoms with Crippen LogP contribution < -0.4 is 10.6 Å². The van der Waals surface area contributed by atoms with Gasteiger partial charge in [-0.2, -0.15) is 0 Å². The van der Waals surface area contributed by atoms with E-state index in [1.165, 1.54) is 19.3 Å². The lowest BCUT2D eigenvalue weighted by molar-refractivity contribution is -0.123. The molecule has 3 nitrogen and oxygen atoms in total. The second-order valence-electron chi connectivity index (χ2n) is 6.17. The van der Waals surface area contributed by atoms with Crippen molar-refractivity contribution in [1.82, 2.24) is 10.6 Å². The molecule has 0 spiro atoms. The van der Waals surface area contributed by atoms with Gasteiger partial charge in [0.1, 0.15) is 0 Å². The van der Waals surface area contributed by atoms with E-state index in [9.17, 15) is 4.79 Å². The summed E-state index contributed by atoms with van der Waals surface area (Å²) in [6, 6.07) is 0.932. The molecular formula is C14H26N2O. The third-order valence-corrected chi connectivity index (χ3v) is 4.24. The highest BCUT2D eigenvalue weighted by atomic mass is 16.2. The summed E-state index contributed by atoms with van der Waals surface area (Å²) in [6.07, 6.45) is 6.16. The predicted octanol–water partition coefficient (Wildman–Crippen LogP) is 2.07. The number of amides is 1. The zero-order valence-electron chi connectivity index (χ0n) is 11.3. The Bertz CT molecular complexity index is 275. The van der Waals surface area contributed by atoms with Crippen molar-refractivity contribution < 1.29 is 4.79 Å². The van der Waals surface area contributed by atoms with Gasteiger partial charge < -0.3 is 10.6 Å². The fraction of sp³-hybridized carbons (Fsp3) is 0.929. The van der Waals surface area contributed by atoms with Crippen molar-refractivity contribution in [2.24, 2.45) is 11.8 Å². The SMILES string of the molecule is CC1CCC(C)C(NC(C)C(=O)NC2CC2)C1. The third-order valence-electron chi connectivity index (χ3n) is 4.24. The first-order valence-corrected chi connectivity index (χ1v) is 7.12. The van der Waals surface area contributed by atoms with Crippen LogP contribution in [0.1, 0.15) is 52.9 Å². The summed E-state index contributed by atoms with van der Waals surface area (Å²) in [5.74, 6) is 1.67. The average Bonchev–Trinajstić information content (AvgIpc) is 3.07. The van der Waals surface area contributed by atoms with Crippen molar-refractivity contribution in [2.45, 2.75) is 71.0 Å². The lowest BCUT2D eigenvalue weighted by Crippen LogP contribution is -2.50.